The van der Waals surface area contributed by atoms with Gasteiger partial charge in [0.2, 0.25) is 0 Å². The number of carbonyl (C=O) groups excluding carboxylic acids is 1. The van der Waals surface area contributed by atoms with E-state index in [0.29, 0.717) is 28.7 Å². The molecule has 136 valence electrons. The van der Waals surface area contributed by atoms with Crippen LogP contribution in [-0.4, -0.2) is 34.6 Å². The molecule has 2 unspecified atom stereocenters. The zero-order valence-electron chi connectivity index (χ0n) is 13.5. The first-order chi connectivity index (χ1) is 12.3. The standard InChI is InChI=1S/C18H15BrCl2N2O3/c19-11-3-1-10(2-4-11)15-5-6-23(16(15)17(24)25)18(26)22-14-8-12(20)7-13(21)9-14/h1-4,7-9,15-16H,5-6H2,(H,22,26)(H,24,25). The van der Waals surface area contributed by atoms with E-state index in [1.807, 2.05) is 24.3 Å². The minimum atomic E-state index is -1.03. The molecule has 2 aromatic rings. The molecule has 0 radical (unpaired) electrons. The van der Waals surface area contributed by atoms with Crippen LogP contribution in [-0.2, 0) is 4.79 Å². The van der Waals surface area contributed by atoms with Crippen LogP contribution >= 0.6 is 39.1 Å². The summed E-state index contributed by atoms with van der Waals surface area (Å²) in [5.41, 5.74) is 1.31. The summed E-state index contributed by atoms with van der Waals surface area (Å²) < 4.78 is 0.915. The third-order valence-corrected chi connectivity index (χ3v) is 5.29. The van der Waals surface area contributed by atoms with Crippen LogP contribution in [0, 0.1) is 0 Å². The summed E-state index contributed by atoms with van der Waals surface area (Å²) in [4.78, 5) is 25.8. The normalized spacial score (nSPS) is 19.4. The molecule has 2 N–H and O–H groups in total. The van der Waals surface area contributed by atoms with Crippen LogP contribution in [0.4, 0.5) is 10.5 Å². The zero-order valence-corrected chi connectivity index (χ0v) is 16.6. The van der Waals surface area contributed by atoms with E-state index >= 15 is 0 Å². The number of nitrogens with zero attached hydrogens (tertiary/aromatic N) is 1. The molecular weight excluding hydrogens is 443 g/mol. The van der Waals surface area contributed by atoms with Crippen LogP contribution in [0.5, 0.6) is 0 Å². The molecule has 3 rings (SSSR count). The van der Waals surface area contributed by atoms with E-state index in [2.05, 4.69) is 21.2 Å². The first kappa shape index (κ1) is 19.0. The maximum absolute atomic E-state index is 12.6. The van der Waals surface area contributed by atoms with Crippen LogP contribution in [0.1, 0.15) is 17.9 Å². The van der Waals surface area contributed by atoms with Crippen LogP contribution in [0.15, 0.2) is 46.9 Å². The Morgan fingerprint density at radius 3 is 2.31 bits per heavy atom. The zero-order chi connectivity index (χ0) is 18.8. The fraction of sp³-hybridized carbons (Fsp3) is 0.222. The molecule has 0 aromatic heterocycles. The highest BCUT2D eigenvalue weighted by Crippen LogP contribution is 2.35. The Bertz CT molecular complexity index is 825. The number of carboxylic acids is 1. The van der Waals surface area contributed by atoms with Crippen molar-refractivity contribution in [3.05, 3.63) is 62.5 Å². The molecule has 5 nitrogen and oxygen atoms in total. The van der Waals surface area contributed by atoms with E-state index in [1.54, 1.807) is 18.2 Å². The third-order valence-electron chi connectivity index (χ3n) is 4.32. The van der Waals surface area contributed by atoms with Crippen molar-refractivity contribution in [1.29, 1.82) is 0 Å². The van der Waals surface area contributed by atoms with Gasteiger partial charge in [-0.3, -0.25) is 0 Å². The Labute approximate surface area is 169 Å². The molecule has 2 aromatic carbocycles. The minimum Gasteiger partial charge on any atom is -0.480 e. The number of likely N-dealkylation sites (tertiary alicyclic amines) is 1. The molecule has 0 spiro atoms. The van der Waals surface area contributed by atoms with E-state index in [1.165, 1.54) is 4.90 Å². The molecule has 2 atom stereocenters. The smallest absolute Gasteiger partial charge is 0.327 e. The molecule has 0 saturated carbocycles. The number of carbonyl (C=O) groups is 2. The maximum atomic E-state index is 12.6. The number of anilines is 1. The molecule has 1 aliphatic rings. The van der Waals surface area contributed by atoms with Crippen molar-refractivity contribution in [3.63, 3.8) is 0 Å². The summed E-state index contributed by atoms with van der Waals surface area (Å²) >= 11 is 15.3. The lowest BCUT2D eigenvalue weighted by atomic mass is 9.92. The highest BCUT2D eigenvalue weighted by molar-refractivity contribution is 9.10. The van der Waals surface area contributed by atoms with Gasteiger partial charge in [0.05, 0.1) is 0 Å². The molecule has 1 aliphatic heterocycles. The van der Waals surface area contributed by atoms with Gasteiger partial charge in [-0.15, -0.1) is 0 Å². The van der Waals surface area contributed by atoms with E-state index in [-0.39, 0.29) is 5.92 Å². The molecule has 0 bridgehead atoms. The van der Waals surface area contributed by atoms with Crippen molar-refractivity contribution in [2.24, 2.45) is 0 Å². The Morgan fingerprint density at radius 2 is 1.73 bits per heavy atom. The number of carboxylic acid groups (broad SMARTS) is 1. The third kappa shape index (κ3) is 4.14. The summed E-state index contributed by atoms with van der Waals surface area (Å²) in [7, 11) is 0. The Morgan fingerprint density at radius 1 is 1.12 bits per heavy atom. The van der Waals surface area contributed by atoms with E-state index < -0.39 is 18.0 Å². The minimum absolute atomic E-state index is 0.269. The summed E-state index contributed by atoms with van der Waals surface area (Å²) in [6.45, 7) is 0.345. The number of halogens is 3. The van der Waals surface area contributed by atoms with Gasteiger partial charge in [0.15, 0.2) is 0 Å². The van der Waals surface area contributed by atoms with Crippen LogP contribution in [0.2, 0.25) is 10.0 Å². The molecule has 1 heterocycles. The number of nitrogens with one attached hydrogen (secondary N) is 1. The number of hydrogen-bond acceptors (Lipinski definition) is 2. The van der Waals surface area contributed by atoms with Gasteiger partial charge in [0.1, 0.15) is 6.04 Å². The summed E-state index contributed by atoms with van der Waals surface area (Å²) in [6.07, 6.45) is 0.572. The number of rotatable bonds is 3. The van der Waals surface area contributed by atoms with Gasteiger partial charge in [-0.1, -0.05) is 51.3 Å². The summed E-state index contributed by atoms with van der Waals surface area (Å²) in [5, 5.41) is 13.2. The Kier molecular flexibility index (Phi) is 5.75. The lowest BCUT2D eigenvalue weighted by molar-refractivity contribution is -0.141. The number of hydrogen-bond donors (Lipinski definition) is 2. The number of aliphatic carboxylic acids is 1. The van der Waals surface area contributed by atoms with Crippen molar-refractivity contribution in [2.45, 2.75) is 18.4 Å². The average molecular weight is 458 g/mol. The number of urea groups is 1. The molecule has 1 saturated heterocycles. The predicted molar refractivity (Wildman–Crippen MR) is 105 cm³/mol. The van der Waals surface area contributed by atoms with Gasteiger partial charge in [-0.2, -0.15) is 0 Å². The largest absolute Gasteiger partial charge is 0.480 e. The molecule has 1 fully saturated rings. The first-order valence-electron chi connectivity index (χ1n) is 7.87. The van der Waals surface area contributed by atoms with Crippen molar-refractivity contribution in [1.82, 2.24) is 4.90 Å². The second-order valence-corrected chi connectivity index (χ2v) is 7.80. The fourth-order valence-corrected chi connectivity index (χ4v) is 4.00. The van der Waals surface area contributed by atoms with Crippen molar-refractivity contribution in [2.75, 3.05) is 11.9 Å². The molecule has 26 heavy (non-hydrogen) atoms. The SMILES string of the molecule is O=C(O)C1C(c2ccc(Br)cc2)CCN1C(=O)Nc1cc(Cl)cc(Cl)c1. The van der Waals surface area contributed by atoms with Gasteiger partial charge < -0.3 is 15.3 Å². The van der Waals surface area contributed by atoms with E-state index in [9.17, 15) is 14.7 Å². The molecule has 2 amide bonds. The van der Waals surface area contributed by atoms with Gasteiger partial charge >= 0.3 is 12.0 Å². The first-order valence-corrected chi connectivity index (χ1v) is 9.42. The number of amides is 2. The predicted octanol–water partition coefficient (Wildman–Crippen LogP) is 5.23. The molecular formula is C18H15BrCl2N2O3. The lowest BCUT2D eigenvalue weighted by Gasteiger charge is -2.25. The van der Waals surface area contributed by atoms with E-state index in [0.717, 1.165) is 10.0 Å². The van der Waals surface area contributed by atoms with Crippen molar-refractivity contribution < 1.29 is 14.7 Å². The van der Waals surface area contributed by atoms with Crippen LogP contribution in [0.3, 0.4) is 0 Å². The van der Waals surface area contributed by atoms with Gasteiger partial charge in [0.25, 0.3) is 0 Å². The van der Waals surface area contributed by atoms with Gasteiger partial charge in [-0.05, 0) is 42.3 Å². The van der Waals surface area contributed by atoms with Gasteiger partial charge in [0, 0.05) is 32.7 Å². The Balaban J connectivity index is 1.81. The lowest BCUT2D eigenvalue weighted by Crippen LogP contribution is -2.44. The number of benzene rings is 2. The fourth-order valence-electron chi connectivity index (χ4n) is 3.21. The molecule has 0 aliphatic carbocycles. The summed E-state index contributed by atoms with van der Waals surface area (Å²) in [5.74, 6) is -1.30. The topological polar surface area (TPSA) is 69.6 Å². The monoisotopic (exact) mass is 456 g/mol. The Hall–Kier alpha value is -1.76. The maximum Gasteiger partial charge on any atom is 0.327 e. The molecule has 8 heteroatoms. The van der Waals surface area contributed by atoms with Crippen LogP contribution < -0.4 is 5.32 Å². The van der Waals surface area contributed by atoms with Crippen molar-refractivity contribution >= 4 is 56.8 Å². The summed E-state index contributed by atoms with van der Waals surface area (Å²) in [6, 6.07) is 10.7. The van der Waals surface area contributed by atoms with Gasteiger partial charge in [-0.25, -0.2) is 9.59 Å². The average Bonchev–Trinajstić information content (AvgIpc) is 3.00. The van der Waals surface area contributed by atoms with Crippen LogP contribution in [0.25, 0.3) is 0 Å². The van der Waals surface area contributed by atoms with Crippen molar-refractivity contribution in [3.8, 4) is 0 Å². The quantitative estimate of drug-likeness (QED) is 0.662. The highest BCUT2D eigenvalue weighted by Gasteiger charge is 2.42. The van der Waals surface area contributed by atoms with E-state index in [4.69, 9.17) is 23.2 Å². The second kappa shape index (κ2) is 7.86. The highest BCUT2D eigenvalue weighted by atomic mass is 79.9. The second-order valence-electron chi connectivity index (χ2n) is 6.01.